The molecule has 0 radical (unpaired) electrons. The van der Waals surface area contributed by atoms with E-state index < -0.39 is 0 Å². The average molecular weight is 244 g/mol. The van der Waals surface area contributed by atoms with Gasteiger partial charge in [0.05, 0.1) is 5.56 Å². The molecule has 0 saturated carbocycles. The van der Waals surface area contributed by atoms with E-state index in [0.717, 1.165) is 44.6 Å². The Kier molecular flexibility index (Phi) is 4.16. The molecule has 1 aromatic rings. The summed E-state index contributed by atoms with van der Waals surface area (Å²) in [7, 11) is 4.13. The van der Waals surface area contributed by atoms with Gasteiger partial charge in [0.2, 0.25) is 0 Å². The van der Waals surface area contributed by atoms with E-state index >= 15 is 0 Å². The van der Waals surface area contributed by atoms with Crippen LogP contribution in [0.3, 0.4) is 0 Å². The van der Waals surface area contributed by atoms with Gasteiger partial charge in [-0.3, -0.25) is 0 Å². The molecule has 1 aliphatic carbocycles. The Morgan fingerprint density at radius 1 is 1.44 bits per heavy atom. The number of hydrogen-bond donors (Lipinski definition) is 1. The van der Waals surface area contributed by atoms with Crippen molar-refractivity contribution < 1.29 is 0 Å². The number of rotatable bonds is 5. The smallest absolute Gasteiger partial charge is 0.144 e. The van der Waals surface area contributed by atoms with E-state index in [-0.39, 0.29) is 0 Å². The lowest BCUT2D eigenvalue weighted by Gasteiger charge is -2.12. The highest BCUT2D eigenvalue weighted by Gasteiger charge is 2.15. The van der Waals surface area contributed by atoms with Crippen LogP contribution in [0, 0.1) is 11.3 Å². The first-order valence-corrected chi connectivity index (χ1v) is 6.52. The second-order valence-corrected chi connectivity index (χ2v) is 5.04. The normalized spacial score (nSPS) is 13.4. The molecular formula is C14H20N4. The van der Waals surface area contributed by atoms with Crippen LogP contribution in [0.15, 0.2) is 6.07 Å². The molecule has 1 heterocycles. The zero-order chi connectivity index (χ0) is 13.0. The Labute approximate surface area is 109 Å². The number of nitriles is 1. The van der Waals surface area contributed by atoms with Crippen molar-refractivity contribution >= 4 is 5.82 Å². The van der Waals surface area contributed by atoms with Crippen molar-refractivity contribution in [1.29, 1.82) is 5.26 Å². The first-order valence-electron chi connectivity index (χ1n) is 6.52. The van der Waals surface area contributed by atoms with Gasteiger partial charge in [-0.15, -0.1) is 0 Å². The van der Waals surface area contributed by atoms with Crippen LogP contribution in [0.4, 0.5) is 5.82 Å². The molecule has 0 spiro atoms. The van der Waals surface area contributed by atoms with Crippen molar-refractivity contribution in [2.24, 2.45) is 0 Å². The molecule has 0 saturated heterocycles. The predicted octanol–water partition coefficient (Wildman–Crippen LogP) is 1.81. The van der Waals surface area contributed by atoms with E-state index in [1.807, 2.05) is 6.07 Å². The van der Waals surface area contributed by atoms with Gasteiger partial charge in [0.25, 0.3) is 0 Å². The van der Waals surface area contributed by atoms with Gasteiger partial charge in [0.15, 0.2) is 0 Å². The quantitative estimate of drug-likeness (QED) is 0.803. The van der Waals surface area contributed by atoms with Crippen molar-refractivity contribution in [2.75, 3.05) is 32.5 Å². The molecule has 0 fully saturated rings. The van der Waals surface area contributed by atoms with Crippen molar-refractivity contribution in [3.8, 4) is 6.07 Å². The van der Waals surface area contributed by atoms with Crippen molar-refractivity contribution in [1.82, 2.24) is 9.88 Å². The summed E-state index contributed by atoms with van der Waals surface area (Å²) in [6.45, 7) is 1.90. The summed E-state index contributed by atoms with van der Waals surface area (Å²) in [4.78, 5) is 6.75. The Morgan fingerprint density at radius 3 is 3.00 bits per heavy atom. The Hall–Kier alpha value is -1.60. The Bertz CT molecular complexity index is 460. The minimum Gasteiger partial charge on any atom is -0.369 e. The van der Waals surface area contributed by atoms with E-state index in [0.29, 0.717) is 5.56 Å². The number of fused-ring (bicyclic) bond motifs is 1. The zero-order valence-electron chi connectivity index (χ0n) is 11.2. The van der Waals surface area contributed by atoms with E-state index in [2.05, 4.69) is 35.4 Å². The van der Waals surface area contributed by atoms with Gasteiger partial charge in [0.1, 0.15) is 11.9 Å². The number of aromatic nitrogens is 1. The summed E-state index contributed by atoms with van der Waals surface area (Å²) in [6, 6.07) is 4.24. The van der Waals surface area contributed by atoms with Crippen LogP contribution in [-0.2, 0) is 12.8 Å². The van der Waals surface area contributed by atoms with E-state index in [1.165, 1.54) is 11.3 Å². The largest absolute Gasteiger partial charge is 0.369 e. The second-order valence-electron chi connectivity index (χ2n) is 5.04. The molecule has 0 atom stereocenters. The average Bonchev–Trinajstić information content (AvgIpc) is 2.80. The SMILES string of the molecule is CN(C)CCCNc1nc2c(cc1C#N)CCC2. The molecule has 0 aromatic carbocycles. The second kappa shape index (κ2) is 5.83. The summed E-state index contributed by atoms with van der Waals surface area (Å²) >= 11 is 0. The summed E-state index contributed by atoms with van der Waals surface area (Å²) in [5, 5.41) is 12.4. The maximum Gasteiger partial charge on any atom is 0.144 e. The molecule has 0 aliphatic heterocycles. The summed E-state index contributed by atoms with van der Waals surface area (Å²) in [5.74, 6) is 0.761. The van der Waals surface area contributed by atoms with Gasteiger partial charge in [-0.05, 0) is 58.0 Å². The fourth-order valence-electron chi connectivity index (χ4n) is 2.29. The number of anilines is 1. The minimum atomic E-state index is 0.681. The van der Waals surface area contributed by atoms with Crippen LogP contribution < -0.4 is 5.32 Å². The number of nitrogens with one attached hydrogen (secondary N) is 1. The van der Waals surface area contributed by atoms with Gasteiger partial charge in [-0.2, -0.15) is 5.26 Å². The Balaban J connectivity index is 2.01. The molecule has 0 amide bonds. The highest BCUT2D eigenvalue weighted by atomic mass is 15.1. The van der Waals surface area contributed by atoms with Crippen LogP contribution in [0.1, 0.15) is 29.7 Å². The van der Waals surface area contributed by atoms with Crippen LogP contribution >= 0.6 is 0 Å². The molecule has 96 valence electrons. The predicted molar refractivity (Wildman–Crippen MR) is 72.6 cm³/mol. The van der Waals surface area contributed by atoms with Gasteiger partial charge in [0, 0.05) is 12.2 Å². The third-order valence-corrected chi connectivity index (χ3v) is 3.25. The molecule has 0 unspecified atom stereocenters. The monoisotopic (exact) mass is 244 g/mol. The molecule has 4 heteroatoms. The molecule has 4 nitrogen and oxygen atoms in total. The summed E-state index contributed by atoms with van der Waals surface area (Å²) in [5.41, 5.74) is 3.11. The van der Waals surface area contributed by atoms with Gasteiger partial charge >= 0.3 is 0 Å². The molecule has 1 aliphatic rings. The lowest BCUT2D eigenvalue weighted by Crippen LogP contribution is -2.17. The summed E-state index contributed by atoms with van der Waals surface area (Å²) in [6.07, 6.45) is 4.33. The van der Waals surface area contributed by atoms with Crippen molar-refractivity contribution in [3.05, 3.63) is 22.9 Å². The van der Waals surface area contributed by atoms with Crippen molar-refractivity contribution in [2.45, 2.75) is 25.7 Å². The molecule has 1 N–H and O–H groups in total. The minimum absolute atomic E-state index is 0.681. The number of aryl methyl sites for hydroxylation is 2. The van der Waals surface area contributed by atoms with E-state index in [4.69, 9.17) is 5.26 Å². The molecule has 2 rings (SSSR count). The van der Waals surface area contributed by atoms with Gasteiger partial charge in [-0.25, -0.2) is 4.98 Å². The lowest BCUT2D eigenvalue weighted by molar-refractivity contribution is 0.405. The lowest BCUT2D eigenvalue weighted by atomic mass is 10.1. The van der Waals surface area contributed by atoms with Gasteiger partial charge < -0.3 is 10.2 Å². The molecule has 0 bridgehead atoms. The number of hydrogen-bond acceptors (Lipinski definition) is 4. The van der Waals surface area contributed by atoms with Crippen LogP contribution in [0.5, 0.6) is 0 Å². The standard InChI is InChI=1S/C14H20N4/c1-18(2)8-4-7-16-14-12(10-15)9-11-5-3-6-13(11)17-14/h9H,3-8H2,1-2H3,(H,16,17). The zero-order valence-corrected chi connectivity index (χ0v) is 11.2. The van der Waals surface area contributed by atoms with Crippen molar-refractivity contribution in [3.63, 3.8) is 0 Å². The highest BCUT2D eigenvalue weighted by molar-refractivity contribution is 5.55. The highest BCUT2D eigenvalue weighted by Crippen LogP contribution is 2.24. The fourth-order valence-corrected chi connectivity index (χ4v) is 2.29. The number of pyridine rings is 1. The first kappa shape index (κ1) is 12.8. The molecule has 1 aromatic heterocycles. The topological polar surface area (TPSA) is 52.0 Å². The number of nitrogens with zero attached hydrogens (tertiary/aromatic N) is 3. The molecular weight excluding hydrogens is 224 g/mol. The maximum absolute atomic E-state index is 9.16. The first-order chi connectivity index (χ1) is 8.70. The third kappa shape index (κ3) is 2.99. The third-order valence-electron chi connectivity index (χ3n) is 3.25. The summed E-state index contributed by atoms with van der Waals surface area (Å²) < 4.78 is 0. The van der Waals surface area contributed by atoms with E-state index in [9.17, 15) is 0 Å². The van der Waals surface area contributed by atoms with E-state index in [1.54, 1.807) is 0 Å². The molecule has 18 heavy (non-hydrogen) atoms. The van der Waals surface area contributed by atoms with Gasteiger partial charge in [-0.1, -0.05) is 0 Å². The fraction of sp³-hybridized carbons (Fsp3) is 0.571. The van der Waals surface area contributed by atoms with Crippen LogP contribution in [0.2, 0.25) is 0 Å². The Morgan fingerprint density at radius 2 is 2.28 bits per heavy atom. The van der Waals surface area contributed by atoms with Crippen LogP contribution in [0.25, 0.3) is 0 Å². The van der Waals surface area contributed by atoms with Crippen LogP contribution in [-0.4, -0.2) is 37.1 Å². The maximum atomic E-state index is 9.16.